The van der Waals surface area contributed by atoms with Crippen molar-refractivity contribution in [2.24, 2.45) is 0 Å². The molecule has 1 aromatic heterocycles. The van der Waals surface area contributed by atoms with Gasteiger partial charge >= 0.3 is 0 Å². The Balaban J connectivity index is 1.51. The predicted molar refractivity (Wildman–Crippen MR) is 117 cm³/mol. The lowest BCUT2D eigenvalue weighted by atomic mass is 9.86. The highest BCUT2D eigenvalue weighted by molar-refractivity contribution is 7.14. The van der Waals surface area contributed by atoms with Crippen LogP contribution in [-0.2, 0) is 15.0 Å². The Kier molecular flexibility index (Phi) is 4.96. The first-order valence-electron chi connectivity index (χ1n) is 9.57. The van der Waals surface area contributed by atoms with Crippen molar-refractivity contribution in [3.8, 4) is 11.3 Å². The minimum absolute atomic E-state index is 0.0995. The number of nitrogens with zero attached hydrogens (tertiary/aromatic N) is 1. The van der Waals surface area contributed by atoms with Crippen molar-refractivity contribution >= 4 is 34.0 Å². The fraction of sp³-hybridized carbons (Fsp3) is 0.261. The van der Waals surface area contributed by atoms with Gasteiger partial charge < -0.3 is 10.6 Å². The van der Waals surface area contributed by atoms with Gasteiger partial charge in [-0.15, -0.1) is 11.3 Å². The molecule has 1 atom stereocenters. The molecule has 4 rings (SSSR count). The standard InChI is InChI=1S/C23H23N3O2S/c1-23(2,3)15-10-8-14(9-11-15)19-13-29-22(25-19)26-21(28)17-12-20(27)24-18-7-5-4-6-16(17)18/h4-11,13,17H,12H2,1-3H3,(H,24,27)(H,25,26,28). The van der Waals surface area contributed by atoms with E-state index >= 15 is 0 Å². The van der Waals surface area contributed by atoms with E-state index in [9.17, 15) is 9.59 Å². The molecule has 0 bridgehead atoms. The van der Waals surface area contributed by atoms with E-state index in [1.54, 1.807) is 0 Å². The number of para-hydroxylation sites is 1. The average Bonchev–Trinajstić information content (AvgIpc) is 3.15. The second-order valence-electron chi connectivity index (χ2n) is 8.25. The normalized spacial score (nSPS) is 16.1. The summed E-state index contributed by atoms with van der Waals surface area (Å²) in [4.78, 5) is 29.4. The van der Waals surface area contributed by atoms with Crippen LogP contribution < -0.4 is 10.6 Å². The van der Waals surface area contributed by atoms with Gasteiger partial charge in [0.2, 0.25) is 11.8 Å². The molecule has 0 radical (unpaired) electrons. The van der Waals surface area contributed by atoms with Gasteiger partial charge in [-0.25, -0.2) is 4.98 Å². The summed E-state index contributed by atoms with van der Waals surface area (Å²) in [6.07, 6.45) is 0.134. The van der Waals surface area contributed by atoms with Crippen LogP contribution in [-0.4, -0.2) is 16.8 Å². The minimum atomic E-state index is -0.515. The lowest BCUT2D eigenvalue weighted by Crippen LogP contribution is -2.30. The Labute approximate surface area is 174 Å². The molecule has 2 N–H and O–H groups in total. The van der Waals surface area contributed by atoms with Crippen LogP contribution in [0.3, 0.4) is 0 Å². The molecule has 1 unspecified atom stereocenters. The molecule has 2 heterocycles. The first-order valence-corrected chi connectivity index (χ1v) is 10.5. The van der Waals surface area contributed by atoms with Crippen LogP contribution in [0.4, 0.5) is 10.8 Å². The molecule has 29 heavy (non-hydrogen) atoms. The van der Waals surface area contributed by atoms with Crippen molar-refractivity contribution < 1.29 is 9.59 Å². The summed E-state index contributed by atoms with van der Waals surface area (Å²) in [5, 5.41) is 8.17. The Morgan fingerprint density at radius 3 is 2.59 bits per heavy atom. The number of hydrogen-bond acceptors (Lipinski definition) is 4. The number of carbonyl (C=O) groups excluding carboxylic acids is 2. The Morgan fingerprint density at radius 1 is 1.14 bits per heavy atom. The number of fused-ring (bicyclic) bond motifs is 1. The van der Waals surface area contributed by atoms with Crippen molar-refractivity contribution in [3.63, 3.8) is 0 Å². The molecule has 1 aliphatic heterocycles. The van der Waals surface area contributed by atoms with Crippen LogP contribution in [0.15, 0.2) is 53.9 Å². The van der Waals surface area contributed by atoms with Gasteiger partial charge in [0.25, 0.3) is 0 Å². The third-order valence-corrected chi connectivity index (χ3v) is 5.86. The van der Waals surface area contributed by atoms with Crippen molar-refractivity contribution in [2.75, 3.05) is 10.6 Å². The highest BCUT2D eigenvalue weighted by Gasteiger charge is 2.30. The predicted octanol–water partition coefficient (Wildman–Crippen LogP) is 5.17. The van der Waals surface area contributed by atoms with E-state index in [4.69, 9.17) is 0 Å². The zero-order valence-corrected chi connectivity index (χ0v) is 17.5. The van der Waals surface area contributed by atoms with Crippen molar-refractivity contribution in [1.29, 1.82) is 0 Å². The summed E-state index contributed by atoms with van der Waals surface area (Å²) in [7, 11) is 0. The largest absolute Gasteiger partial charge is 0.326 e. The van der Waals surface area contributed by atoms with Gasteiger partial charge in [-0.3, -0.25) is 9.59 Å². The quantitative estimate of drug-likeness (QED) is 0.631. The zero-order chi connectivity index (χ0) is 20.6. The van der Waals surface area contributed by atoms with Gasteiger partial charge in [-0.05, 0) is 22.6 Å². The maximum Gasteiger partial charge on any atom is 0.234 e. The smallest absolute Gasteiger partial charge is 0.234 e. The SMILES string of the molecule is CC(C)(C)c1ccc(-c2csc(NC(=O)C3CC(=O)Nc4ccccc43)n2)cc1. The van der Waals surface area contributed by atoms with Crippen LogP contribution in [0.2, 0.25) is 0 Å². The summed E-state index contributed by atoms with van der Waals surface area (Å²) < 4.78 is 0. The number of anilines is 2. The van der Waals surface area contributed by atoms with Crippen LogP contribution in [0.5, 0.6) is 0 Å². The molecule has 5 nitrogen and oxygen atoms in total. The number of thiazole rings is 1. The van der Waals surface area contributed by atoms with Gasteiger partial charge in [-0.2, -0.15) is 0 Å². The van der Waals surface area contributed by atoms with E-state index in [1.165, 1.54) is 16.9 Å². The second kappa shape index (κ2) is 7.44. The molecule has 0 spiro atoms. The molecule has 1 aliphatic rings. The molecule has 0 saturated heterocycles. The molecule has 2 amide bonds. The van der Waals surface area contributed by atoms with E-state index in [0.717, 1.165) is 16.8 Å². The van der Waals surface area contributed by atoms with Crippen molar-refractivity contribution in [1.82, 2.24) is 4.98 Å². The molecule has 0 aliphatic carbocycles. The minimum Gasteiger partial charge on any atom is -0.326 e. The maximum atomic E-state index is 12.9. The van der Waals surface area contributed by atoms with Gasteiger partial charge in [0.1, 0.15) is 0 Å². The highest BCUT2D eigenvalue weighted by Crippen LogP contribution is 2.34. The Bertz CT molecular complexity index is 1060. The topological polar surface area (TPSA) is 71.1 Å². The number of rotatable bonds is 3. The summed E-state index contributed by atoms with van der Waals surface area (Å²) in [6, 6.07) is 15.8. The second-order valence-corrected chi connectivity index (χ2v) is 9.10. The summed E-state index contributed by atoms with van der Waals surface area (Å²) >= 11 is 1.38. The lowest BCUT2D eigenvalue weighted by molar-refractivity contribution is -0.123. The molecule has 2 aromatic carbocycles. The summed E-state index contributed by atoms with van der Waals surface area (Å²) in [5.74, 6) is -0.878. The van der Waals surface area contributed by atoms with Crippen molar-refractivity contribution in [2.45, 2.75) is 38.5 Å². The van der Waals surface area contributed by atoms with Crippen LogP contribution >= 0.6 is 11.3 Å². The number of hydrogen-bond donors (Lipinski definition) is 2. The number of amides is 2. The van der Waals surface area contributed by atoms with Crippen LogP contribution in [0.25, 0.3) is 11.3 Å². The Hall–Kier alpha value is -2.99. The summed E-state index contributed by atoms with van der Waals surface area (Å²) in [5.41, 5.74) is 4.73. The molecule has 6 heteroatoms. The zero-order valence-electron chi connectivity index (χ0n) is 16.7. The first-order chi connectivity index (χ1) is 13.8. The lowest BCUT2D eigenvalue weighted by Gasteiger charge is -2.24. The number of aromatic nitrogens is 1. The molecular weight excluding hydrogens is 382 g/mol. The summed E-state index contributed by atoms with van der Waals surface area (Å²) in [6.45, 7) is 6.55. The maximum absolute atomic E-state index is 12.9. The van der Waals surface area contributed by atoms with Gasteiger partial charge in [0.05, 0.1) is 11.6 Å². The fourth-order valence-corrected chi connectivity index (χ4v) is 4.17. The monoisotopic (exact) mass is 405 g/mol. The molecule has 3 aromatic rings. The molecule has 148 valence electrons. The van der Waals surface area contributed by atoms with E-state index < -0.39 is 5.92 Å². The van der Waals surface area contributed by atoms with Crippen molar-refractivity contribution in [3.05, 3.63) is 65.0 Å². The number of benzene rings is 2. The Morgan fingerprint density at radius 2 is 1.86 bits per heavy atom. The first kappa shape index (κ1) is 19.3. The van der Waals surface area contributed by atoms with Gasteiger partial charge in [0.15, 0.2) is 5.13 Å². The van der Waals surface area contributed by atoms with E-state index in [0.29, 0.717) is 10.8 Å². The van der Waals surface area contributed by atoms with Gasteiger partial charge in [-0.1, -0.05) is 63.2 Å². The highest BCUT2D eigenvalue weighted by atomic mass is 32.1. The van der Waals surface area contributed by atoms with Crippen LogP contribution in [0, 0.1) is 0 Å². The number of carbonyl (C=O) groups is 2. The third kappa shape index (κ3) is 4.07. The number of nitrogens with one attached hydrogen (secondary N) is 2. The van der Waals surface area contributed by atoms with Gasteiger partial charge in [0, 0.05) is 23.1 Å². The van der Waals surface area contributed by atoms with E-state index in [2.05, 4.69) is 60.7 Å². The fourth-order valence-electron chi connectivity index (χ4n) is 3.44. The van der Waals surface area contributed by atoms with E-state index in [1.807, 2.05) is 29.6 Å². The third-order valence-electron chi connectivity index (χ3n) is 5.10. The molecule has 0 fully saturated rings. The molecular formula is C23H23N3O2S. The average molecular weight is 406 g/mol. The molecule has 0 saturated carbocycles. The van der Waals surface area contributed by atoms with E-state index in [-0.39, 0.29) is 23.7 Å². The van der Waals surface area contributed by atoms with Crippen LogP contribution in [0.1, 0.15) is 44.2 Å².